The van der Waals surface area contributed by atoms with Gasteiger partial charge in [0.1, 0.15) is 5.52 Å². The van der Waals surface area contributed by atoms with Gasteiger partial charge in [0.15, 0.2) is 5.58 Å². The summed E-state index contributed by atoms with van der Waals surface area (Å²) in [5, 5.41) is 9.26. The molecule has 3 rings (SSSR count). The van der Waals surface area contributed by atoms with Crippen LogP contribution in [0.4, 0.5) is 0 Å². The number of aromatic nitrogens is 1. The monoisotopic (exact) mass is 331 g/mol. The van der Waals surface area contributed by atoms with Gasteiger partial charge >= 0.3 is 0 Å². The van der Waals surface area contributed by atoms with Gasteiger partial charge in [-0.15, -0.1) is 0 Å². The highest BCUT2D eigenvalue weighted by atomic mass is 79.9. The Bertz CT molecular complexity index is 793. The van der Waals surface area contributed by atoms with E-state index in [0.29, 0.717) is 5.89 Å². The zero-order valence-corrected chi connectivity index (χ0v) is 12.9. The fourth-order valence-corrected chi connectivity index (χ4v) is 2.69. The van der Waals surface area contributed by atoms with Crippen LogP contribution in [0, 0.1) is 13.8 Å². The topological polar surface area (TPSA) is 46.3 Å². The van der Waals surface area contributed by atoms with Crippen LogP contribution >= 0.6 is 15.9 Å². The molecular weight excluding hydrogens is 318 g/mol. The van der Waals surface area contributed by atoms with Crippen molar-refractivity contribution in [3.63, 3.8) is 0 Å². The van der Waals surface area contributed by atoms with Crippen molar-refractivity contribution >= 4 is 27.0 Å². The maximum Gasteiger partial charge on any atom is 0.227 e. The fraction of sp³-hybridized carbons (Fsp3) is 0.188. The van der Waals surface area contributed by atoms with Crippen LogP contribution in [0.2, 0.25) is 0 Å². The number of hydrogen-bond donors (Lipinski definition) is 1. The number of oxazole rings is 1. The molecule has 102 valence electrons. The Labute approximate surface area is 125 Å². The first-order valence-corrected chi connectivity index (χ1v) is 7.16. The highest BCUT2D eigenvalue weighted by Crippen LogP contribution is 2.31. The summed E-state index contributed by atoms with van der Waals surface area (Å²) in [6, 6.07) is 9.74. The van der Waals surface area contributed by atoms with Gasteiger partial charge in [-0.05, 0) is 54.8 Å². The minimum absolute atomic E-state index is 0.00882. The average molecular weight is 332 g/mol. The zero-order valence-electron chi connectivity index (χ0n) is 11.3. The number of fused-ring (bicyclic) bond motifs is 1. The Hall–Kier alpha value is -1.65. The van der Waals surface area contributed by atoms with E-state index in [1.807, 2.05) is 44.2 Å². The van der Waals surface area contributed by atoms with Gasteiger partial charge in [0.25, 0.3) is 0 Å². The smallest absolute Gasteiger partial charge is 0.227 e. The zero-order chi connectivity index (χ0) is 14.3. The first-order chi connectivity index (χ1) is 9.60. The molecule has 0 bridgehead atoms. The van der Waals surface area contributed by atoms with Crippen LogP contribution < -0.4 is 0 Å². The number of hydrogen-bond acceptors (Lipinski definition) is 3. The molecule has 3 aromatic rings. The second-order valence-electron chi connectivity index (χ2n) is 4.85. The first-order valence-electron chi connectivity index (χ1n) is 6.36. The third-order valence-corrected chi connectivity index (χ3v) is 4.28. The number of aryl methyl sites for hydroxylation is 1. The number of rotatable bonds is 2. The van der Waals surface area contributed by atoms with Gasteiger partial charge in [-0.25, -0.2) is 4.98 Å². The van der Waals surface area contributed by atoms with E-state index < -0.39 is 0 Å². The van der Waals surface area contributed by atoms with E-state index in [1.54, 1.807) is 0 Å². The standard InChI is InChI=1S/C16H14BrNO2/c1-9-6-11(8-19)7-14-15(9)20-16(18-14)12-4-3-5-13(17)10(12)2/h3-7,19H,8H2,1-2H3. The molecule has 0 aliphatic rings. The fourth-order valence-electron chi connectivity index (χ4n) is 2.32. The molecule has 0 unspecified atom stereocenters. The summed E-state index contributed by atoms with van der Waals surface area (Å²) in [5.41, 5.74) is 5.46. The summed E-state index contributed by atoms with van der Waals surface area (Å²) >= 11 is 3.52. The van der Waals surface area contributed by atoms with Crippen LogP contribution in [0.25, 0.3) is 22.6 Å². The summed E-state index contributed by atoms with van der Waals surface area (Å²) in [4.78, 5) is 4.56. The van der Waals surface area contributed by atoms with Crippen LogP contribution in [0.5, 0.6) is 0 Å². The number of aliphatic hydroxyl groups excluding tert-OH is 1. The maximum atomic E-state index is 9.26. The molecule has 0 spiro atoms. The van der Waals surface area contributed by atoms with E-state index in [1.165, 1.54) is 0 Å². The van der Waals surface area contributed by atoms with Crippen molar-refractivity contribution in [2.24, 2.45) is 0 Å². The number of halogens is 1. The Balaban J connectivity index is 2.23. The number of aliphatic hydroxyl groups is 1. The lowest BCUT2D eigenvalue weighted by atomic mass is 10.1. The van der Waals surface area contributed by atoms with Gasteiger partial charge in [-0.3, -0.25) is 0 Å². The minimum Gasteiger partial charge on any atom is -0.436 e. The van der Waals surface area contributed by atoms with Crippen LogP contribution in [0.3, 0.4) is 0 Å². The van der Waals surface area contributed by atoms with Crippen LogP contribution in [-0.4, -0.2) is 10.1 Å². The molecule has 0 fully saturated rings. The van der Waals surface area contributed by atoms with Gasteiger partial charge in [-0.2, -0.15) is 0 Å². The molecule has 0 saturated carbocycles. The molecule has 3 nitrogen and oxygen atoms in total. The quantitative estimate of drug-likeness (QED) is 0.758. The SMILES string of the molecule is Cc1c(Br)cccc1-c1nc2cc(CO)cc(C)c2o1. The lowest BCUT2D eigenvalue weighted by Gasteiger charge is -2.02. The molecule has 1 N–H and O–H groups in total. The van der Waals surface area contributed by atoms with Crippen molar-refractivity contribution in [3.05, 3.63) is 51.5 Å². The molecule has 0 saturated heterocycles. The molecule has 4 heteroatoms. The lowest BCUT2D eigenvalue weighted by molar-refractivity contribution is 0.282. The molecule has 1 aromatic heterocycles. The minimum atomic E-state index is 0.00882. The first kappa shape index (κ1) is 13.3. The third-order valence-electron chi connectivity index (χ3n) is 3.42. The van der Waals surface area contributed by atoms with Crippen LogP contribution in [0.1, 0.15) is 16.7 Å². The average Bonchev–Trinajstić information content (AvgIpc) is 2.86. The molecule has 0 atom stereocenters. The van der Waals surface area contributed by atoms with Crippen molar-refractivity contribution < 1.29 is 9.52 Å². The molecule has 2 aromatic carbocycles. The van der Waals surface area contributed by atoms with E-state index >= 15 is 0 Å². The van der Waals surface area contributed by atoms with Crippen LogP contribution in [-0.2, 0) is 6.61 Å². The molecule has 1 heterocycles. The van der Waals surface area contributed by atoms with Gasteiger partial charge in [0.05, 0.1) is 6.61 Å². The Morgan fingerprint density at radius 3 is 2.80 bits per heavy atom. The van der Waals surface area contributed by atoms with Gasteiger partial charge in [0.2, 0.25) is 5.89 Å². The molecule has 20 heavy (non-hydrogen) atoms. The molecule has 0 aliphatic carbocycles. The van der Waals surface area contributed by atoms with Crippen molar-refractivity contribution in [2.75, 3.05) is 0 Å². The van der Waals surface area contributed by atoms with E-state index in [4.69, 9.17) is 4.42 Å². The Morgan fingerprint density at radius 1 is 1.25 bits per heavy atom. The third kappa shape index (κ3) is 2.15. The van der Waals surface area contributed by atoms with Gasteiger partial charge < -0.3 is 9.52 Å². The van der Waals surface area contributed by atoms with Gasteiger partial charge in [-0.1, -0.05) is 22.0 Å². The predicted molar refractivity (Wildman–Crippen MR) is 82.5 cm³/mol. The normalized spacial score (nSPS) is 11.2. The summed E-state index contributed by atoms with van der Waals surface area (Å²) in [5.74, 6) is 0.608. The highest BCUT2D eigenvalue weighted by molar-refractivity contribution is 9.10. The summed E-state index contributed by atoms with van der Waals surface area (Å²) in [6.45, 7) is 4.00. The lowest BCUT2D eigenvalue weighted by Crippen LogP contribution is -1.85. The van der Waals surface area contributed by atoms with E-state index in [2.05, 4.69) is 20.9 Å². The Kier molecular flexibility index (Phi) is 3.36. The second kappa shape index (κ2) is 5.04. The van der Waals surface area contributed by atoms with Crippen molar-refractivity contribution in [1.29, 1.82) is 0 Å². The van der Waals surface area contributed by atoms with Crippen LogP contribution in [0.15, 0.2) is 39.2 Å². The van der Waals surface area contributed by atoms with Crippen molar-refractivity contribution in [3.8, 4) is 11.5 Å². The summed E-state index contributed by atoms with van der Waals surface area (Å²) in [6.07, 6.45) is 0. The highest BCUT2D eigenvalue weighted by Gasteiger charge is 2.14. The Morgan fingerprint density at radius 2 is 2.05 bits per heavy atom. The van der Waals surface area contributed by atoms with E-state index in [-0.39, 0.29) is 6.61 Å². The van der Waals surface area contributed by atoms with Crippen molar-refractivity contribution in [2.45, 2.75) is 20.5 Å². The molecule has 0 radical (unpaired) electrons. The van der Waals surface area contributed by atoms with Crippen molar-refractivity contribution in [1.82, 2.24) is 4.98 Å². The van der Waals surface area contributed by atoms with E-state index in [0.717, 1.165) is 37.8 Å². The molecular formula is C16H14BrNO2. The van der Waals surface area contributed by atoms with E-state index in [9.17, 15) is 5.11 Å². The number of nitrogens with zero attached hydrogens (tertiary/aromatic N) is 1. The predicted octanol–water partition coefficient (Wildman–Crippen LogP) is 4.37. The maximum absolute atomic E-state index is 9.26. The number of benzene rings is 2. The molecule has 0 amide bonds. The largest absolute Gasteiger partial charge is 0.436 e. The second-order valence-corrected chi connectivity index (χ2v) is 5.70. The summed E-state index contributed by atoms with van der Waals surface area (Å²) < 4.78 is 6.94. The molecule has 0 aliphatic heterocycles. The summed E-state index contributed by atoms with van der Waals surface area (Å²) in [7, 11) is 0. The van der Waals surface area contributed by atoms with Gasteiger partial charge in [0, 0.05) is 10.0 Å².